The Morgan fingerprint density at radius 1 is 1.24 bits per heavy atom. The van der Waals surface area contributed by atoms with Crippen LogP contribution in [0.25, 0.3) is 0 Å². The third-order valence-corrected chi connectivity index (χ3v) is 2.07. The van der Waals surface area contributed by atoms with Crippen LogP contribution in [0.4, 0.5) is 0 Å². The molecule has 100 valence electrons. The van der Waals surface area contributed by atoms with Crippen molar-refractivity contribution in [2.45, 2.75) is 26.3 Å². The van der Waals surface area contributed by atoms with Crippen molar-refractivity contribution in [1.29, 1.82) is 0 Å². The maximum absolute atomic E-state index is 5.25. The van der Waals surface area contributed by atoms with Gasteiger partial charge in [0.2, 0.25) is 0 Å². The Morgan fingerprint density at radius 3 is 2.59 bits per heavy atom. The molecule has 1 aromatic rings. The van der Waals surface area contributed by atoms with Crippen LogP contribution in [0.5, 0.6) is 0 Å². The summed E-state index contributed by atoms with van der Waals surface area (Å²) in [6.07, 6.45) is 4.08. The SMILES string of the molecule is CCCCOCCNC.CNCc1ccco1. The van der Waals surface area contributed by atoms with Gasteiger partial charge in [0, 0.05) is 13.2 Å². The lowest BCUT2D eigenvalue weighted by Crippen LogP contribution is -2.14. The van der Waals surface area contributed by atoms with Crippen molar-refractivity contribution in [3.8, 4) is 0 Å². The minimum Gasteiger partial charge on any atom is -0.468 e. The number of furan rings is 1. The van der Waals surface area contributed by atoms with E-state index in [1.165, 1.54) is 12.8 Å². The standard InChI is InChI=1S/C7H17NO.C6H9NO/c1-3-4-6-9-7-5-8-2;1-7-5-6-3-2-4-8-6/h8H,3-7H2,1-2H3;2-4,7H,5H2,1H3. The van der Waals surface area contributed by atoms with Crippen LogP contribution in [0.3, 0.4) is 0 Å². The molecule has 0 aliphatic heterocycles. The van der Waals surface area contributed by atoms with Gasteiger partial charge in [0.25, 0.3) is 0 Å². The predicted molar refractivity (Wildman–Crippen MR) is 71.1 cm³/mol. The van der Waals surface area contributed by atoms with Gasteiger partial charge in [0.1, 0.15) is 5.76 Å². The molecule has 0 unspecified atom stereocenters. The van der Waals surface area contributed by atoms with E-state index in [0.717, 1.165) is 32.1 Å². The first-order valence-corrected chi connectivity index (χ1v) is 6.24. The number of likely N-dealkylation sites (N-methyl/N-ethyl adjacent to an activating group) is 1. The van der Waals surface area contributed by atoms with Crippen molar-refractivity contribution >= 4 is 0 Å². The highest BCUT2D eigenvalue weighted by Gasteiger charge is 1.88. The van der Waals surface area contributed by atoms with Crippen LogP contribution < -0.4 is 10.6 Å². The molecule has 0 aliphatic rings. The molecular weight excluding hydrogens is 216 g/mol. The third-order valence-electron chi connectivity index (χ3n) is 2.07. The minimum atomic E-state index is 0.812. The Hall–Kier alpha value is -0.840. The molecule has 0 saturated heterocycles. The van der Waals surface area contributed by atoms with E-state index < -0.39 is 0 Å². The second-order valence-corrected chi connectivity index (χ2v) is 3.68. The summed E-state index contributed by atoms with van der Waals surface area (Å²) in [5.74, 6) is 0.979. The maximum atomic E-state index is 5.25. The van der Waals surface area contributed by atoms with E-state index in [0.29, 0.717) is 0 Å². The van der Waals surface area contributed by atoms with Gasteiger partial charge in [-0.3, -0.25) is 0 Å². The second kappa shape index (κ2) is 13.2. The van der Waals surface area contributed by atoms with Crippen molar-refractivity contribution in [3.63, 3.8) is 0 Å². The molecule has 0 atom stereocenters. The molecule has 0 aromatic carbocycles. The van der Waals surface area contributed by atoms with Crippen molar-refractivity contribution < 1.29 is 9.15 Å². The van der Waals surface area contributed by atoms with Gasteiger partial charge in [-0.25, -0.2) is 0 Å². The number of unbranched alkanes of at least 4 members (excludes halogenated alkanes) is 1. The van der Waals surface area contributed by atoms with E-state index in [2.05, 4.69) is 17.6 Å². The topological polar surface area (TPSA) is 46.4 Å². The quantitative estimate of drug-likeness (QED) is 0.685. The van der Waals surface area contributed by atoms with Crippen LogP contribution in [0.2, 0.25) is 0 Å². The predicted octanol–water partition coefficient (Wildman–Crippen LogP) is 2.02. The van der Waals surface area contributed by atoms with Crippen molar-refractivity contribution in [2.75, 3.05) is 33.9 Å². The Labute approximate surface area is 105 Å². The smallest absolute Gasteiger partial charge is 0.117 e. The molecule has 1 rings (SSSR count). The van der Waals surface area contributed by atoms with Crippen molar-refractivity contribution in [2.24, 2.45) is 0 Å². The molecule has 2 N–H and O–H groups in total. The van der Waals surface area contributed by atoms with Gasteiger partial charge in [0.05, 0.1) is 19.4 Å². The molecule has 0 radical (unpaired) electrons. The zero-order valence-electron chi connectivity index (χ0n) is 11.3. The molecule has 4 heteroatoms. The van der Waals surface area contributed by atoms with Gasteiger partial charge < -0.3 is 19.8 Å². The number of ether oxygens (including phenoxy) is 1. The molecule has 17 heavy (non-hydrogen) atoms. The number of hydrogen-bond donors (Lipinski definition) is 2. The highest BCUT2D eigenvalue weighted by Crippen LogP contribution is 1.96. The Morgan fingerprint density at radius 2 is 2.06 bits per heavy atom. The van der Waals surface area contributed by atoms with Crippen LogP contribution in [0, 0.1) is 0 Å². The number of nitrogens with one attached hydrogen (secondary N) is 2. The molecule has 0 fully saturated rings. The lowest BCUT2D eigenvalue weighted by atomic mass is 10.4. The number of rotatable bonds is 8. The van der Waals surface area contributed by atoms with Crippen LogP contribution >= 0.6 is 0 Å². The highest BCUT2D eigenvalue weighted by atomic mass is 16.5. The summed E-state index contributed by atoms with van der Waals surface area (Å²) < 4.78 is 10.3. The molecule has 0 amide bonds. The Bertz CT molecular complexity index is 219. The van der Waals surface area contributed by atoms with Crippen LogP contribution in [0.15, 0.2) is 22.8 Å². The average molecular weight is 242 g/mol. The first-order valence-electron chi connectivity index (χ1n) is 6.24. The van der Waals surface area contributed by atoms with Crippen LogP contribution in [-0.2, 0) is 11.3 Å². The van der Waals surface area contributed by atoms with Gasteiger partial charge in [-0.1, -0.05) is 13.3 Å². The molecular formula is C13H26N2O2. The van der Waals surface area contributed by atoms with E-state index >= 15 is 0 Å². The zero-order valence-corrected chi connectivity index (χ0v) is 11.3. The summed E-state index contributed by atoms with van der Waals surface area (Å²) in [5, 5.41) is 6.00. The van der Waals surface area contributed by atoms with Crippen LogP contribution in [-0.4, -0.2) is 33.9 Å². The average Bonchev–Trinajstić information content (AvgIpc) is 2.83. The lowest BCUT2D eigenvalue weighted by Gasteiger charge is -2.00. The summed E-state index contributed by atoms with van der Waals surface area (Å²) in [6, 6.07) is 3.82. The van der Waals surface area contributed by atoms with E-state index in [1.54, 1.807) is 6.26 Å². The fourth-order valence-corrected chi connectivity index (χ4v) is 1.11. The van der Waals surface area contributed by atoms with Crippen molar-refractivity contribution in [1.82, 2.24) is 10.6 Å². The first-order chi connectivity index (χ1) is 8.35. The summed E-state index contributed by atoms with van der Waals surface area (Å²) in [4.78, 5) is 0. The van der Waals surface area contributed by atoms with E-state index in [1.807, 2.05) is 26.2 Å². The zero-order chi connectivity index (χ0) is 12.8. The Kier molecular flexibility index (Phi) is 12.6. The Balaban J connectivity index is 0.000000302. The molecule has 0 aliphatic carbocycles. The molecule has 1 aromatic heterocycles. The molecule has 0 bridgehead atoms. The second-order valence-electron chi connectivity index (χ2n) is 3.68. The minimum absolute atomic E-state index is 0.812. The van der Waals surface area contributed by atoms with Crippen molar-refractivity contribution in [3.05, 3.63) is 24.2 Å². The monoisotopic (exact) mass is 242 g/mol. The molecule has 0 spiro atoms. The lowest BCUT2D eigenvalue weighted by molar-refractivity contribution is 0.134. The molecule has 1 heterocycles. The van der Waals surface area contributed by atoms with Crippen LogP contribution in [0.1, 0.15) is 25.5 Å². The number of hydrogen-bond acceptors (Lipinski definition) is 4. The van der Waals surface area contributed by atoms with Gasteiger partial charge in [0.15, 0.2) is 0 Å². The fraction of sp³-hybridized carbons (Fsp3) is 0.692. The summed E-state index contributed by atoms with van der Waals surface area (Å²) in [7, 11) is 3.83. The summed E-state index contributed by atoms with van der Waals surface area (Å²) >= 11 is 0. The van der Waals surface area contributed by atoms with Gasteiger partial charge in [-0.05, 0) is 32.6 Å². The molecule has 0 saturated carbocycles. The highest BCUT2D eigenvalue weighted by molar-refractivity contribution is 4.96. The van der Waals surface area contributed by atoms with Gasteiger partial charge >= 0.3 is 0 Å². The normalized spacial score (nSPS) is 9.82. The summed E-state index contributed by atoms with van der Waals surface area (Å²) in [5.41, 5.74) is 0. The van der Waals surface area contributed by atoms with E-state index in [4.69, 9.17) is 9.15 Å². The molecule has 4 nitrogen and oxygen atoms in total. The third kappa shape index (κ3) is 11.4. The van der Waals surface area contributed by atoms with Gasteiger partial charge in [-0.2, -0.15) is 0 Å². The fourth-order valence-electron chi connectivity index (χ4n) is 1.11. The summed E-state index contributed by atoms with van der Waals surface area (Å²) in [6.45, 7) is 5.70. The van der Waals surface area contributed by atoms with Gasteiger partial charge in [-0.15, -0.1) is 0 Å². The van der Waals surface area contributed by atoms with E-state index in [9.17, 15) is 0 Å². The first kappa shape index (κ1) is 16.2. The maximum Gasteiger partial charge on any atom is 0.117 e. The largest absolute Gasteiger partial charge is 0.468 e. The van der Waals surface area contributed by atoms with E-state index in [-0.39, 0.29) is 0 Å².